The van der Waals surface area contributed by atoms with Crippen molar-refractivity contribution in [3.05, 3.63) is 0 Å². The Morgan fingerprint density at radius 3 is 1.65 bits per heavy atom. The summed E-state index contributed by atoms with van der Waals surface area (Å²) in [6, 6.07) is 0. The largest absolute Gasteiger partial charge is 0.394 e. The van der Waals surface area contributed by atoms with E-state index in [1.165, 1.54) is 83.5 Å². The first-order valence-electron chi connectivity index (χ1n) is 12.6. The molecule has 186 valence electrons. The molecule has 7 heteroatoms. The lowest BCUT2D eigenvalue weighted by molar-refractivity contribution is -0.302. The van der Waals surface area contributed by atoms with E-state index < -0.39 is 37.3 Å². The van der Waals surface area contributed by atoms with Gasteiger partial charge in [-0.3, -0.25) is 0 Å². The molecule has 31 heavy (non-hydrogen) atoms. The number of hydrogen-bond acceptors (Lipinski definition) is 7. The summed E-state index contributed by atoms with van der Waals surface area (Å²) in [5, 5.41) is 38.5. The molecule has 0 saturated carbocycles. The van der Waals surface area contributed by atoms with Gasteiger partial charge in [-0.25, -0.2) is 0 Å². The molecular formula is C24H48O7. The van der Waals surface area contributed by atoms with Crippen molar-refractivity contribution in [2.45, 2.75) is 128 Å². The van der Waals surface area contributed by atoms with Gasteiger partial charge in [0.15, 0.2) is 6.29 Å². The number of unbranched alkanes of at least 4 members (excludes halogenated alkanes) is 13. The zero-order valence-electron chi connectivity index (χ0n) is 19.6. The highest BCUT2D eigenvalue weighted by Crippen LogP contribution is 2.21. The first kappa shape index (κ1) is 28.8. The summed E-state index contributed by atoms with van der Waals surface area (Å²) in [6.07, 6.45) is 12.4. The van der Waals surface area contributed by atoms with Gasteiger partial charge < -0.3 is 34.6 Å². The number of ether oxygens (including phenoxy) is 3. The first-order chi connectivity index (χ1) is 15.1. The lowest BCUT2D eigenvalue weighted by Gasteiger charge is -2.39. The highest BCUT2D eigenvalue weighted by Gasteiger charge is 2.43. The highest BCUT2D eigenvalue weighted by molar-refractivity contribution is 4.88. The topological polar surface area (TPSA) is 109 Å². The normalized spacial score (nSPS) is 26.4. The summed E-state index contributed by atoms with van der Waals surface area (Å²) in [5.41, 5.74) is 0. The van der Waals surface area contributed by atoms with Crippen LogP contribution in [0.4, 0.5) is 0 Å². The van der Waals surface area contributed by atoms with Crippen LogP contribution in [0.1, 0.15) is 96.8 Å². The maximum atomic E-state index is 9.88. The fraction of sp³-hybridized carbons (Fsp3) is 1.00. The van der Waals surface area contributed by atoms with Crippen molar-refractivity contribution in [1.29, 1.82) is 0 Å². The van der Waals surface area contributed by atoms with Gasteiger partial charge in [0.1, 0.15) is 24.4 Å². The predicted molar refractivity (Wildman–Crippen MR) is 121 cm³/mol. The molecule has 0 amide bonds. The summed E-state index contributed by atoms with van der Waals surface area (Å²) in [5.74, 6) is 0. The van der Waals surface area contributed by atoms with Crippen LogP contribution in [0.5, 0.6) is 0 Å². The van der Waals surface area contributed by atoms with E-state index in [0.717, 1.165) is 6.42 Å². The highest BCUT2D eigenvalue weighted by atomic mass is 16.7. The standard InChI is InChI=1S/C24H48O7/c1-2-3-4-5-6-7-8-9-10-11-12-13-14-15-16-29-17-18-30-24-23(28)22(27)21(26)20(19-25)31-24/h20-28H,2-19H2,1H3/t20-,21-,22+,23-,24-/m1/s1. The van der Waals surface area contributed by atoms with Crippen molar-refractivity contribution in [3.63, 3.8) is 0 Å². The fourth-order valence-corrected chi connectivity index (χ4v) is 3.93. The van der Waals surface area contributed by atoms with E-state index in [9.17, 15) is 15.3 Å². The molecule has 4 N–H and O–H groups in total. The molecule has 0 aromatic rings. The third-order valence-corrected chi connectivity index (χ3v) is 6.00. The molecule has 0 bridgehead atoms. The van der Waals surface area contributed by atoms with Gasteiger partial charge in [0.2, 0.25) is 0 Å². The molecule has 0 aliphatic carbocycles. The Bertz CT molecular complexity index is 394. The summed E-state index contributed by atoms with van der Waals surface area (Å²) in [6.45, 7) is 3.06. The predicted octanol–water partition coefficient (Wildman–Crippen LogP) is 3.30. The monoisotopic (exact) mass is 448 g/mol. The zero-order valence-corrected chi connectivity index (χ0v) is 19.6. The first-order valence-corrected chi connectivity index (χ1v) is 12.6. The maximum Gasteiger partial charge on any atom is 0.186 e. The molecule has 0 radical (unpaired) electrons. The minimum atomic E-state index is -1.41. The summed E-state index contributed by atoms with van der Waals surface area (Å²) >= 11 is 0. The Hall–Kier alpha value is -0.280. The Labute approximate surface area is 189 Å². The molecule has 1 fully saturated rings. The smallest absolute Gasteiger partial charge is 0.186 e. The van der Waals surface area contributed by atoms with E-state index in [1.54, 1.807) is 0 Å². The van der Waals surface area contributed by atoms with Gasteiger partial charge in [-0.05, 0) is 6.42 Å². The Kier molecular flexibility index (Phi) is 17.8. The molecule has 1 aliphatic rings. The lowest BCUT2D eigenvalue weighted by Crippen LogP contribution is -2.59. The minimum Gasteiger partial charge on any atom is -0.394 e. The summed E-state index contributed by atoms with van der Waals surface area (Å²) < 4.78 is 16.2. The molecule has 1 saturated heterocycles. The van der Waals surface area contributed by atoms with Crippen molar-refractivity contribution >= 4 is 0 Å². The van der Waals surface area contributed by atoms with E-state index >= 15 is 0 Å². The number of aliphatic hydroxyl groups is 4. The van der Waals surface area contributed by atoms with Gasteiger partial charge in [0, 0.05) is 6.61 Å². The van der Waals surface area contributed by atoms with Crippen LogP contribution in [0.3, 0.4) is 0 Å². The second-order valence-electron chi connectivity index (χ2n) is 8.78. The van der Waals surface area contributed by atoms with Crippen LogP contribution in [0.25, 0.3) is 0 Å². The van der Waals surface area contributed by atoms with E-state index in [-0.39, 0.29) is 6.61 Å². The van der Waals surface area contributed by atoms with E-state index in [2.05, 4.69) is 6.92 Å². The Balaban J connectivity index is 1.84. The van der Waals surface area contributed by atoms with Crippen molar-refractivity contribution in [3.8, 4) is 0 Å². The van der Waals surface area contributed by atoms with Crippen LogP contribution in [0, 0.1) is 0 Å². The Morgan fingerprint density at radius 2 is 1.13 bits per heavy atom. The van der Waals surface area contributed by atoms with Crippen LogP contribution >= 0.6 is 0 Å². The van der Waals surface area contributed by atoms with Gasteiger partial charge in [-0.2, -0.15) is 0 Å². The van der Waals surface area contributed by atoms with Crippen LogP contribution in [-0.4, -0.2) is 77.6 Å². The Morgan fingerprint density at radius 1 is 0.613 bits per heavy atom. The van der Waals surface area contributed by atoms with Crippen LogP contribution < -0.4 is 0 Å². The van der Waals surface area contributed by atoms with Gasteiger partial charge >= 0.3 is 0 Å². The molecule has 1 heterocycles. The van der Waals surface area contributed by atoms with E-state index in [4.69, 9.17) is 19.3 Å². The number of rotatable bonds is 20. The number of aliphatic hydroxyl groups excluding tert-OH is 4. The summed E-state index contributed by atoms with van der Waals surface area (Å²) in [4.78, 5) is 0. The van der Waals surface area contributed by atoms with Gasteiger partial charge in [-0.1, -0.05) is 90.4 Å². The van der Waals surface area contributed by atoms with Crippen molar-refractivity contribution < 1.29 is 34.6 Å². The van der Waals surface area contributed by atoms with Crippen LogP contribution in [0.2, 0.25) is 0 Å². The quantitative estimate of drug-likeness (QED) is 0.212. The molecule has 0 aromatic heterocycles. The molecule has 0 unspecified atom stereocenters. The lowest BCUT2D eigenvalue weighted by atomic mass is 9.99. The average molecular weight is 449 g/mol. The van der Waals surface area contributed by atoms with Gasteiger partial charge in [0.05, 0.1) is 19.8 Å². The van der Waals surface area contributed by atoms with Crippen molar-refractivity contribution in [2.24, 2.45) is 0 Å². The SMILES string of the molecule is CCCCCCCCCCCCCCCCOCCO[C@@H]1O[C@H](CO)[C@@H](O)[C@H](O)[C@H]1O. The van der Waals surface area contributed by atoms with Crippen molar-refractivity contribution in [1.82, 2.24) is 0 Å². The molecule has 1 rings (SSSR count). The number of hydrogen-bond donors (Lipinski definition) is 4. The third kappa shape index (κ3) is 13.1. The minimum absolute atomic E-state index is 0.210. The molecule has 1 aliphatic heterocycles. The second kappa shape index (κ2) is 19.2. The third-order valence-electron chi connectivity index (χ3n) is 6.00. The molecule has 7 nitrogen and oxygen atoms in total. The van der Waals surface area contributed by atoms with Crippen molar-refractivity contribution in [2.75, 3.05) is 26.4 Å². The second-order valence-corrected chi connectivity index (χ2v) is 8.78. The zero-order chi connectivity index (χ0) is 22.7. The molecule has 0 aromatic carbocycles. The fourth-order valence-electron chi connectivity index (χ4n) is 3.93. The van der Waals surface area contributed by atoms with Crippen LogP contribution in [-0.2, 0) is 14.2 Å². The van der Waals surface area contributed by atoms with Crippen LogP contribution in [0.15, 0.2) is 0 Å². The van der Waals surface area contributed by atoms with Gasteiger partial charge in [-0.15, -0.1) is 0 Å². The molecular weight excluding hydrogens is 400 g/mol. The average Bonchev–Trinajstić information content (AvgIpc) is 2.78. The maximum absolute atomic E-state index is 9.88. The molecule has 0 spiro atoms. The van der Waals surface area contributed by atoms with E-state index in [1.807, 2.05) is 0 Å². The van der Waals surface area contributed by atoms with Gasteiger partial charge in [0.25, 0.3) is 0 Å². The molecule has 5 atom stereocenters. The van der Waals surface area contributed by atoms with E-state index in [0.29, 0.717) is 13.2 Å². The summed E-state index contributed by atoms with van der Waals surface area (Å²) in [7, 11) is 0.